The SMILES string of the molecule is COc1ccc(C(OCC(C)(CO)CO)(c2ccccc2)c2ccc(OC)cc2)cc1. The molecule has 164 valence electrons. The molecule has 0 aromatic heterocycles. The van der Waals surface area contributed by atoms with Gasteiger partial charge in [0, 0.05) is 5.41 Å². The second-order valence-electron chi connectivity index (χ2n) is 7.92. The molecule has 0 aliphatic rings. The van der Waals surface area contributed by atoms with Crippen LogP contribution in [0.4, 0.5) is 0 Å². The highest BCUT2D eigenvalue weighted by atomic mass is 16.5. The van der Waals surface area contributed by atoms with Gasteiger partial charge in [0.05, 0.1) is 34.0 Å². The van der Waals surface area contributed by atoms with E-state index in [2.05, 4.69) is 0 Å². The van der Waals surface area contributed by atoms with Gasteiger partial charge in [-0.1, -0.05) is 61.5 Å². The first-order valence-electron chi connectivity index (χ1n) is 10.2. The van der Waals surface area contributed by atoms with E-state index in [-0.39, 0.29) is 19.8 Å². The summed E-state index contributed by atoms with van der Waals surface area (Å²) in [6.45, 7) is 1.55. The molecule has 5 nitrogen and oxygen atoms in total. The van der Waals surface area contributed by atoms with E-state index in [0.717, 1.165) is 28.2 Å². The molecule has 0 aliphatic heterocycles. The van der Waals surface area contributed by atoms with Gasteiger partial charge >= 0.3 is 0 Å². The third-order valence-corrected chi connectivity index (χ3v) is 5.57. The maximum absolute atomic E-state index is 9.86. The number of methoxy groups -OCH3 is 2. The van der Waals surface area contributed by atoms with Crippen LogP contribution in [-0.4, -0.2) is 44.3 Å². The zero-order valence-electron chi connectivity index (χ0n) is 18.2. The molecule has 0 atom stereocenters. The maximum Gasteiger partial charge on any atom is 0.143 e. The van der Waals surface area contributed by atoms with E-state index < -0.39 is 11.0 Å². The standard InChI is InChI=1S/C26H30O5/c1-25(17-27,18-28)19-31-26(20-7-5-4-6-8-20,21-9-13-23(29-2)14-10-21)22-11-15-24(30-3)16-12-22/h4-16,27-28H,17-19H2,1-3H3. The topological polar surface area (TPSA) is 68.2 Å². The molecule has 3 aromatic carbocycles. The van der Waals surface area contributed by atoms with Crippen molar-refractivity contribution in [2.24, 2.45) is 5.41 Å². The molecule has 0 unspecified atom stereocenters. The van der Waals surface area contributed by atoms with Crippen LogP contribution in [0.1, 0.15) is 23.6 Å². The average Bonchev–Trinajstić information content (AvgIpc) is 2.85. The van der Waals surface area contributed by atoms with Crippen LogP contribution in [0.3, 0.4) is 0 Å². The first kappa shape index (κ1) is 22.8. The number of hydrogen-bond donors (Lipinski definition) is 2. The van der Waals surface area contributed by atoms with Gasteiger partial charge in [0.25, 0.3) is 0 Å². The van der Waals surface area contributed by atoms with Crippen molar-refractivity contribution < 1.29 is 24.4 Å². The largest absolute Gasteiger partial charge is 0.497 e. The van der Waals surface area contributed by atoms with Crippen LogP contribution in [0.15, 0.2) is 78.9 Å². The van der Waals surface area contributed by atoms with Crippen molar-refractivity contribution in [1.29, 1.82) is 0 Å². The number of benzene rings is 3. The minimum atomic E-state index is -0.967. The molecule has 0 aliphatic carbocycles. The zero-order chi connectivity index (χ0) is 22.3. The van der Waals surface area contributed by atoms with Crippen molar-refractivity contribution >= 4 is 0 Å². The second-order valence-corrected chi connectivity index (χ2v) is 7.92. The van der Waals surface area contributed by atoms with Gasteiger partial charge < -0.3 is 24.4 Å². The lowest BCUT2D eigenvalue weighted by molar-refractivity contribution is -0.0697. The summed E-state index contributed by atoms with van der Waals surface area (Å²) in [6.07, 6.45) is 0. The summed E-state index contributed by atoms with van der Waals surface area (Å²) in [4.78, 5) is 0. The first-order valence-corrected chi connectivity index (χ1v) is 10.2. The van der Waals surface area contributed by atoms with Crippen LogP contribution in [0.2, 0.25) is 0 Å². The zero-order valence-corrected chi connectivity index (χ0v) is 18.2. The van der Waals surface area contributed by atoms with Crippen molar-refractivity contribution in [3.05, 3.63) is 95.6 Å². The second kappa shape index (κ2) is 9.96. The minimum Gasteiger partial charge on any atom is -0.497 e. The molecule has 0 heterocycles. The summed E-state index contributed by atoms with van der Waals surface area (Å²) in [5.74, 6) is 1.49. The van der Waals surface area contributed by atoms with Crippen LogP contribution >= 0.6 is 0 Å². The highest BCUT2D eigenvalue weighted by molar-refractivity contribution is 5.49. The lowest BCUT2D eigenvalue weighted by Crippen LogP contribution is -2.40. The number of aliphatic hydroxyl groups excluding tert-OH is 2. The number of rotatable bonds is 10. The van der Waals surface area contributed by atoms with Crippen LogP contribution in [0.5, 0.6) is 11.5 Å². The van der Waals surface area contributed by atoms with E-state index in [4.69, 9.17) is 14.2 Å². The van der Waals surface area contributed by atoms with Gasteiger partial charge in [-0.25, -0.2) is 0 Å². The van der Waals surface area contributed by atoms with Gasteiger partial charge in [-0.15, -0.1) is 0 Å². The van der Waals surface area contributed by atoms with Crippen LogP contribution < -0.4 is 9.47 Å². The van der Waals surface area contributed by atoms with Crippen LogP contribution in [0, 0.1) is 5.41 Å². The van der Waals surface area contributed by atoms with E-state index in [0.29, 0.717) is 0 Å². The molecule has 31 heavy (non-hydrogen) atoms. The molecular formula is C26H30O5. The van der Waals surface area contributed by atoms with Crippen LogP contribution in [-0.2, 0) is 10.3 Å². The fourth-order valence-corrected chi connectivity index (χ4v) is 3.50. The normalized spacial score (nSPS) is 11.9. The highest BCUT2D eigenvalue weighted by Gasteiger charge is 2.40. The molecule has 0 bridgehead atoms. The van der Waals surface area contributed by atoms with E-state index in [1.807, 2.05) is 78.9 Å². The van der Waals surface area contributed by atoms with Gasteiger partial charge in [0.15, 0.2) is 0 Å². The third kappa shape index (κ3) is 4.74. The molecular weight excluding hydrogens is 392 g/mol. The Labute approximate surface area is 183 Å². The van der Waals surface area contributed by atoms with Crippen molar-refractivity contribution in [2.75, 3.05) is 34.0 Å². The minimum absolute atomic E-state index is 0.146. The fourth-order valence-electron chi connectivity index (χ4n) is 3.50. The summed E-state index contributed by atoms with van der Waals surface area (Å²) in [5.41, 5.74) is 0.985. The molecule has 3 aromatic rings. The van der Waals surface area contributed by atoms with Gasteiger partial charge in [-0.2, -0.15) is 0 Å². The molecule has 0 spiro atoms. The van der Waals surface area contributed by atoms with Gasteiger partial charge in [-0.05, 0) is 41.0 Å². The monoisotopic (exact) mass is 422 g/mol. The van der Waals surface area contributed by atoms with Gasteiger partial charge in [0.1, 0.15) is 17.1 Å². The summed E-state index contributed by atoms with van der Waals surface area (Å²) in [7, 11) is 3.26. The number of hydrogen-bond acceptors (Lipinski definition) is 5. The first-order chi connectivity index (χ1) is 15.0. The molecule has 0 saturated carbocycles. The van der Waals surface area contributed by atoms with E-state index in [1.54, 1.807) is 21.1 Å². The Morgan fingerprint density at radius 2 is 1.06 bits per heavy atom. The molecule has 0 amide bonds. The van der Waals surface area contributed by atoms with E-state index in [1.165, 1.54) is 0 Å². The Kier molecular flexibility index (Phi) is 7.33. The van der Waals surface area contributed by atoms with Crippen molar-refractivity contribution in [1.82, 2.24) is 0 Å². The van der Waals surface area contributed by atoms with Crippen molar-refractivity contribution in [3.8, 4) is 11.5 Å². The Morgan fingerprint density at radius 3 is 1.45 bits per heavy atom. The summed E-state index contributed by atoms with van der Waals surface area (Å²) in [6, 6.07) is 25.4. The molecule has 3 rings (SSSR count). The van der Waals surface area contributed by atoms with E-state index >= 15 is 0 Å². The maximum atomic E-state index is 9.86. The van der Waals surface area contributed by atoms with Gasteiger partial charge in [-0.3, -0.25) is 0 Å². The smallest absolute Gasteiger partial charge is 0.143 e. The number of aliphatic hydroxyl groups is 2. The predicted octanol–water partition coefficient (Wildman–Crippen LogP) is 4.00. The molecule has 0 fully saturated rings. The Morgan fingerprint density at radius 1 is 0.645 bits per heavy atom. The molecule has 0 saturated heterocycles. The summed E-state index contributed by atoms with van der Waals surface area (Å²) < 4.78 is 17.4. The molecule has 2 N–H and O–H groups in total. The lowest BCUT2D eigenvalue weighted by atomic mass is 9.79. The van der Waals surface area contributed by atoms with Crippen molar-refractivity contribution in [3.63, 3.8) is 0 Å². The highest BCUT2D eigenvalue weighted by Crippen LogP contribution is 2.42. The summed E-state index contributed by atoms with van der Waals surface area (Å²) >= 11 is 0. The lowest BCUT2D eigenvalue weighted by Gasteiger charge is -2.39. The Bertz CT molecular complexity index is 884. The van der Waals surface area contributed by atoms with E-state index in [9.17, 15) is 10.2 Å². The Hall–Kier alpha value is -2.86. The molecule has 5 heteroatoms. The predicted molar refractivity (Wildman–Crippen MR) is 121 cm³/mol. The summed E-state index contributed by atoms with van der Waals surface area (Å²) in [5, 5.41) is 19.7. The number of ether oxygens (including phenoxy) is 3. The Balaban J connectivity index is 2.23. The third-order valence-electron chi connectivity index (χ3n) is 5.57. The molecule has 0 radical (unpaired) electrons. The quantitative estimate of drug-likeness (QED) is 0.484. The van der Waals surface area contributed by atoms with Crippen molar-refractivity contribution in [2.45, 2.75) is 12.5 Å². The van der Waals surface area contributed by atoms with Gasteiger partial charge in [0.2, 0.25) is 0 Å². The fraction of sp³-hybridized carbons (Fsp3) is 0.308. The van der Waals surface area contributed by atoms with Crippen LogP contribution in [0.25, 0.3) is 0 Å². The average molecular weight is 423 g/mol.